The number of benzene rings is 1. The van der Waals surface area contributed by atoms with Crippen molar-refractivity contribution in [2.45, 2.75) is 58.2 Å². The second-order valence-electron chi connectivity index (χ2n) is 7.97. The van der Waals surface area contributed by atoms with E-state index in [1.165, 1.54) is 6.39 Å². The number of ether oxygens (including phenoxy) is 1. The molecule has 2 aliphatic rings. The van der Waals surface area contributed by atoms with Crippen molar-refractivity contribution in [3.63, 3.8) is 0 Å². The molecular formula is C23H26N2O4S. The number of allylic oxidation sites excluding steroid dienone is 1. The number of imide groups is 1. The molecule has 6 nitrogen and oxygen atoms in total. The highest BCUT2D eigenvalue weighted by Gasteiger charge is 2.30. The van der Waals surface area contributed by atoms with Crippen LogP contribution in [0.1, 0.15) is 60.8 Å². The number of nitrogens with zero attached hydrogens (tertiary/aromatic N) is 1. The summed E-state index contributed by atoms with van der Waals surface area (Å²) in [7, 11) is 0. The molecule has 0 radical (unpaired) electrons. The summed E-state index contributed by atoms with van der Waals surface area (Å²) in [6.07, 6.45) is 8.09. The maximum absolute atomic E-state index is 11.8. The smallest absolute Gasteiger partial charge is 0.290 e. The van der Waals surface area contributed by atoms with Gasteiger partial charge in [-0.25, -0.2) is 4.98 Å². The lowest BCUT2D eigenvalue weighted by atomic mass is 9.84. The summed E-state index contributed by atoms with van der Waals surface area (Å²) in [5.74, 6) is 0.917. The van der Waals surface area contributed by atoms with Gasteiger partial charge in [-0.15, -0.1) is 0 Å². The molecule has 1 aliphatic heterocycles. The van der Waals surface area contributed by atoms with E-state index in [0.717, 1.165) is 66.4 Å². The summed E-state index contributed by atoms with van der Waals surface area (Å²) in [5, 5.41) is 2.02. The van der Waals surface area contributed by atoms with Crippen LogP contribution in [0.15, 0.2) is 46.1 Å². The lowest BCUT2D eigenvalue weighted by molar-refractivity contribution is -0.115. The third-order valence-corrected chi connectivity index (χ3v) is 6.70. The van der Waals surface area contributed by atoms with E-state index in [2.05, 4.69) is 29.4 Å². The molecule has 1 saturated heterocycles. The molecule has 2 amide bonds. The first-order chi connectivity index (χ1) is 14.5. The monoisotopic (exact) mass is 426 g/mol. The summed E-state index contributed by atoms with van der Waals surface area (Å²) in [4.78, 5) is 28.1. The third kappa shape index (κ3) is 4.68. The molecule has 1 aliphatic carbocycles. The van der Waals surface area contributed by atoms with E-state index in [4.69, 9.17) is 9.15 Å². The largest absolute Gasteiger partial charge is 0.448 e. The zero-order valence-electron chi connectivity index (χ0n) is 17.2. The predicted molar refractivity (Wildman–Crippen MR) is 115 cm³/mol. The van der Waals surface area contributed by atoms with E-state index in [-0.39, 0.29) is 23.4 Å². The number of thioether (sulfide) groups is 1. The van der Waals surface area contributed by atoms with Crippen molar-refractivity contribution in [1.82, 2.24) is 10.3 Å². The number of aromatic nitrogens is 1. The van der Waals surface area contributed by atoms with Crippen molar-refractivity contribution in [3.8, 4) is 0 Å². The summed E-state index contributed by atoms with van der Waals surface area (Å²) in [6, 6.07) is 8.22. The van der Waals surface area contributed by atoms with Gasteiger partial charge in [0.25, 0.3) is 11.1 Å². The SMILES string of the molecule is Cc1ccccc1C(O[C@H]1CCC[C@@H](CC=C2SC(=O)NC2=O)C1)c1ncoc1C. The van der Waals surface area contributed by atoms with Crippen LogP contribution in [0.5, 0.6) is 0 Å². The van der Waals surface area contributed by atoms with E-state index < -0.39 is 0 Å². The minimum absolute atomic E-state index is 0.106. The van der Waals surface area contributed by atoms with E-state index in [0.29, 0.717) is 10.8 Å². The second-order valence-corrected chi connectivity index (χ2v) is 8.98. The average Bonchev–Trinajstić information content (AvgIpc) is 3.29. The number of hydrogen-bond donors (Lipinski definition) is 1. The summed E-state index contributed by atoms with van der Waals surface area (Å²) in [6.45, 7) is 4.00. The maximum Gasteiger partial charge on any atom is 0.290 e. The average molecular weight is 427 g/mol. The van der Waals surface area contributed by atoms with Crippen molar-refractivity contribution in [3.05, 3.63) is 64.2 Å². The maximum atomic E-state index is 11.8. The fourth-order valence-electron chi connectivity index (χ4n) is 4.24. The van der Waals surface area contributed by atoms with Crippen LogP contribution in [0.3, 0.4) is 0 Å². The zero-order chi connectivity index (χ0) is 21.1. The molecule has 7 heteroatoms. The van der Waals surface area contributed by atoms with Gasteiger partial charge in [-0.3, -0.25) is 14.9 Å². The van der Waals surface area contributed by atoms with Crippen LogP contribution < -0.4 is 5.32 Å². The Balaban J connectivity index is 1.47. The van der Waals surface area contributed by atoms with E-state index in [1.807, 2.05) is 25.1 Å². The van der Waals surface area contributed by atoms with Crippen LogP contribution in [-0.2, 0) is 9.53 Å². The molecule has 30 heavy (non-hydrogen) atoms. The fraction of sp³-hybridized carbons (Fsp3) is 0.435. The number of amides is 2. The Hall–Kier alpha value is -2.38. The normalized spacial score (nSPS) is 24.3. The lowest BCUT2D eigenvalue weighted by Gasteiger charge is -2.32. The van der Waals surface area contributed by atoms with Crippen molar-refractivity contribution >= 4 is 22.9 Å². The first-order valence-corrected chi connectivity index (χ1v) is 11.2. The van der Waals surface area contributed by atoms with Gasteiger partial charge < -0.3 is 9.15 Å². The van der Waals surface area contributed by atoms with Crippen LogP contribution in [0.4, 0.5) is 4.79 Å². The van der Waals surface area contributed by atoms with Crippen LogP contribution >= 0.6 is 11.8 Å². The van der Waals surface area contributed by atoms with Gasteiger partial charge in [-0.05, 0) is 68.3 Å². The molecule has 158 valence electrons. The van der Waals surface area contributed by atoms with Crippen molar-refractivity contribution in [2.75, 3.05) is 0 Å². The minimum atomic E-state index is -0.292. The number of oxazole rings is 1. The van der Waals surface area contributed by atoms with Gasteiger partial charge in [0, 0.05) is 0 Å². The number of nitrogens with one attached hydrogen (secondary N) is 1. The lowest BCUT2D eigenvalue weighted by Crippen LogP contribution is -2.26. The number of aryl methyl sites for hydroxylation is 2. The highest BCUT2D eigenvalue weighted by molar-refractivity contribution is 8.18. The van der Waals surface area contributed by atoms with Gasteiger partial charge in [0.1, 0.15) is 17.6 Å². The Morgan fingerprint density at radius 1 is 1.30 bits per heavy atom. The predicted octanol–water partition coefficient (Wildman–Crippen LogP) is 5.21. The Kier molecular flexibility index (Phi) is 6.39. The van der Waals surface area contributed by atoms with Gasteiger partial charge in [0.2, 0.25) is 0 Å². The zero-order valence-corrected chi connectivity index (χ0v) is 18.0. The molecule has 4 rings (SSSR count). The minimum Gasteiger partial charge on any atom is -0.448 e. The van der Waals surface area contributed by atoms with Gasteiger partial charge >= 0.3 is 0 Å². The number of hydrogen-bond acceptors (Lipinski definition) is 6. The fourth-order valence-corrected chi connectivity index (χ4v) is 4.90. The quantitative estimate of drug-likeness (QED) is 0.638. The molecular weight excluding hydrogens is 400 g/mol. The number of carbonyl (C=O) groups excluding carboxylic acids is 2. The number of carbonyl (C=O) groups is 2. The van der Waals surface area contributed by atoms with Crippen molar-refractivity contribution in [1.29, 1.82) is 0 Å². The van der Waals surface area contributed by atoms with E-state index in [1.54, 1.807) is 0 Å². The summed E-state index contributed by atoms with van der Waals surface area (Å²) in [5.41, 5.74) is 3.10. The van der Waals surface area contributed by atoms with Gasteiger partial charge in [0.15, 0.2) is 6.39 Å². The summed E-state index contributed by atoms with van der Waals surface area (Å²) < 4.78 is 12.1. The highest BCUT2D eigenvalue weighted by atomic mass is 32.2. The van der Waals surface area contributed by atoms with Crippen LogP contribution in [-0.4, -0.2) is 22.2 Å². The Morgan fingerprint density at radius 2 is 2.13 bits per heavy atom. The molecule has 1 unspecified atom stereocenters. The standard InChI is InChI=1S/C23H26N2O4S/c1-14-6-3-4-9-18(14)21(20-15(2)28-13-24-20)29-17-8-5-7-16(12-17)10-11-19-22(26)25-23(27)30-19/h3-4,6,9,11,13,16-17,21H,5,7-8,10,12H2,1-2H3,(H,25,26,27)/t16-,17-,21?/m0/s1. The van der Waals surface area contributed by atoms with Crippen LogP contribution in [0.25, 0.3) is 0 Å². The highest BCUT2D eigenvalue weighted by Crippen LogP contribution is 2.37. The molecule has 1 saturated carbocycles. The van der Waals surface area contributed by atoms with Gasteiger partial charge in [-0.2, -0.15) is 0 Å². The first-order valence-electron chi connectivity index (χ1n) is 10.4. The van der Waals surface area contributed by atoms with Crippen molar-refractivity contribution in [2.24, 2.45) is 5.92 Å². The Labute approximate surface area is 180 Å². The molecule has 2 aromatic rings. The molecule has 3 atom stereocenters. The Bertz CT molecular complexity index is 968. The van der Waals surface area contributed by atoms with E-state index in [9.17, 15) is 9.59 Å². The molecule has 0 spiro atoms. The van der Waals surface area contributed by atoms with Crippen molar-refractivity contribution < 1.29 is 18.7 Å². The summed E-state index contributed by atoms with van der Waals surface area (Å²) >= 11 is 0.984. The van der Waals surface area contributed by atoms with Gasteiger partial charge in [0.05, 0.1) is 11.0 Å². The topological polar surface area (TPSA) is 81.4 Å². The molecule has 1 aromatic heterocycles. The first kappa shape index (κ1) is 20.9. The molecule has 0 bridgehead atoms. The van der Waals surface area contributed by atoms with E-state index >= 15 is 0 Å². The molecule has 2 fully saturated rings. The number of rotatable bonds is 6. The Morgan fingerprint density at radius 3 is 2.83 bits per heavy atom. The molecule has 1 N–H and O–H groups in total. The van der Waals surface area contributed by atoms with Crippen LogP contribution in [0.2, 0.25) is 0 Å². The van der Waals surface area contributed by atoms with Gasteiger partial charge in [-0.1, -0.05) is 36.8 Å². The second kappa shape index (κ2) is 9.18. The molecule has 1 aromatic carbocycles. The van der Waals surface area contributed by atoms with Crippen LogP contribution in [0, 0.1) is 19.8 Å². The third-order valence-electron chi connectivity index (χ3n) is 5.84. The molecule has 2 heterocycles.